The molecule has 0 bridgehead atoms. The normalized spacial score (nSPS) is 16.3. The Morgan fingerprint density at radius 3 is 2.51 bits per heavy atom. The van der Waals surface area contributed by atoms with Crippen LogP contribution in [-0.2, 0) is 0 Å². The van der Waals surface area contributed by atoms with Gasteiger partial charge >= 0.3 is 0 Å². The molecule has 0 amide bonds. The summed E-state index contributed by atoms with van der Waals surface area (Å²) in [6.07, 6.45) is 14.9. The van der Waals surface area contributed by atoms with Gasteiger partial charge in [-0.05, 0) is 68.9 Å². The molecule has 3 N–H and O–H groups in total. The second-order valence-corrected chi connectivity index (χ2v) is 9.25. The number of anilines is 1. The Bertz CT molecular complexity index is 1370. The molecule has 0 unspecified atom stereocenters. The van der Waals surface area contributed by atoms with Gasteiger partial charge in [0.25, 0.3) is 0 Å². The molecule has 0 radical (unpaired) electrons. The van der Waals surface area contributed by atoms with E-state index in [0.29, 0.717) is 39.3 Å². The summed E-state index contributed by atoms with van der Waals surface area (Å²) in [6, 6.07) is 3.79. The van der Waals surface area contributed by atoms with Crippen molar-refractivity contribution < 1.29 is 4.39 Å². The van der Waals surface area contributed by atoms with Gasteiger partial charge < -0.3 is 10.6 Å². The van der Waals surface area contributed by atoms with E-state index in [9.17, 15) is 0 Å². The second-order valence-electron chi connectivity index (χ2n) is 9.25. The highest BCUT2D eigenvalue weighted by Gasteiger charge is 2.18. The molecule has 1 fully saturated rings. The lowest BCUT2D eigenvalue weighted by molar-refractivity contribution is 0.393. The number of aryl methyl sites for hydroxylation is 1. The molecular weight excluding hydrogens is 461 g/mol. The van der Waals surface area contributed by atoms with Crippen molar-refractivity contribution in [3.63, 3.8) is 0 Å². The van der Waals surface area contributed by atoms with Gasteiger partial charge in [0.1, 0.15) is 17.3 Å². The van der Waals surface area contributed by atoms with Gasteiger partial charge in [0.2, 0.25) is 0 Å². The number of halogens is 1. The van der Waals surface area contributed by atoms with Crippen molar-refractivity contribution in [2.75, 3.05) is 5.32 Å². The van der Waals surface area contributed by atoms with Crippen LogP contribution in [0.5, 0.6) is 0 Å². The highest BCUT2D eigenvalue weighted by Crippen LogP contribution is 2.29. The van der Waals surface area contributed by atoms with Gasteiger partial charge in [0.05, 0.1) is 16.3 Å². The summed E-state index contributed by atoms with van der Waals surface area (Å²) >= 11 is 0. The van der Waals surface area contributed by atoms with Crippen LogP contribution in [0.15, 0.2) is 85.4 Å². The summed E-state index contributed by atoms with van der Waals surface area (Å²) in [4.78, 5) is 4.34. The summed E-state index contributed by atoms with van der Waals surface area (Å²) in [5, 5.41) is 14.7. The molecule has 0 aliphatic heterocycles. The highest BCUT2D eigenvalue weighted by molar-refractivity contribution is 5.77. The number of H-pyrrole nitrogens is 1. The second kappa shape index (κ2) is 12.9. The summed E-state index contributed by atoms with van der Waals surface area (Å²) < 4.78 is 16.1. The SMILES string of the molecule is C=C/C(=C\C(=C/C)C(=C)/C(F)=c1/c(C(=C)Nc2ncccc2C)n[nH]/c1=C/C)NC(=C)C1CCCCC1. The fourth-order valence-corrected chi connectivity index (χ4v) is 4.50. The van der Waals surface area contributed by atoms with E-state index in [1.54, 1.807) is 18.3 Å². The number of allylic oxidation sites excluding steroid dienone is 6. The van der Waals surface area contributed by atoms with Crippen LogP contribution in [0.25, 0.3) is 17.6 Å². The fourth-order valence-electron chi connectivity index (χ4n) is 4.50. The van der Waals surface area contributed by atoms with Crippen molar-refractivity contribution in [2.45, 2.75) is 52.9 Å². The molecule has 0 aromatic carbocycles. The maximum atomic E-state index is 16.1. The maximum Gasteiger partial charge on any atom is 0.142 e. The topological polar surface area (TPSA) is 65.6 Å². The number of rotatable bonds is 10. The molecule has 5 nitrogen and oxygen atoms in total. The molecule has 37 heavy (non-hydrogen) atoms. The van der Waals surface area contributed by atoms with Gasteiger partial charge in [-0.2, -0.15) is 5.10 Å². The monoisotopic (exact) mass is 499 g/mol. The average Bonchev–Trinajstić information content (AvgIpc) is 3.36. The van der Waals surface area contributed by atoms with Gasteiger partial charge in [-0.25, -0.2) is 9.37 Å². The molecular formula is C31H38FN5. The Kier molecular flexibility index (Phi) is 9.61. The predicted octanol–water partition coefficient (Wildman–Crippen LogP) is 6.33. The van der Waals surface area contributed by atoms with Crippen LogP contribution in [0.3, 0.4) is 0 Å². The van der Waals surface area contributed by atoms with E-state index in [1.807, 2.05) is 45.1 Å². The highest BCUT2D eigenvalue weighted by atomic mass is 19.1. The molecule has 2 aromatic rings. The third-order valence-corrected chi connectivity index (χ3v) is 6.73. The number of aromatic amines is 1. The number of hydrogen-bond donors (Lipinski definition) is 3. The van der Waals surface area contributed by atoms with E-state index < -0.39 is 5.83 Å². The molecule has 2 heterocycles. The van der Waals surface area contributed by atoms with E-state index in [2.05, 4.69) is 52.1 Å². The Hall–Kier alpha value is -3.93. The first-order chi connectivity index (χ1) is 17.8. The lowest BCUT2D eigenvalue weighted by atomic mass is 9.87. The number of aromatic nitrogens is 3. The third kappa shape index (κ3) is 6.64. The minimum Gasteiger partial charge on any atom is -0.359 e. The van der Waals surface area contributed by atoms with E-state index in [4.69, 9.17) is 0 Å². The summed E-state index contributed by atoms with van der Waals surface area (Å²) in [6.45, 7) is 22.0. The molecule has 0 spiro atoms. The van der Waals surface area contributed by atoms with E-state index in [0.717, 1.165) is 29.8 Å². The molecule has 0 saturated heterocycles. The first-order valence-electron chi connectivity index (χ1n) is 12.7. The quantitative estimate of drug-likeness (QED) is 0.334. The van der Waals surface area contributed by atoms with Crippen LogP contribution >= 0.6 is 0 Å². The summed E-state index contributed by atoms with van der Waals surface area (Å²) in [7, 11) is 0. The zero-order valence-electron chi connectivity index (χ0n) is 22.3. The van der Waals surface area contributed by atoms with Crippen LogP contribution < -0.4 is 21.2 Å². The first kappa shape index (κ1) is 27.7. The van der Waals surface area contributed by atoms with Gasteiger partial charge in [0, 0.05) is 23.2 Å². The van der Waals surface area contributed by atoms with Crippen molar-refractivity contribution in [1.82, 2.24) is 20.5 Å². The van der Waals surface area contributed by atoms with Crippen molar-refractivity contribution in [1.29, 1.82) is 0 Å². The molecule has 2 aromatic heterocycles. The van der Waals surface area contributed by atoms with E-state index in [1.165, 1.54) is 19.3 Å². The summed E-state index contributed by atoms with van der Waals surface area (Å²) in [5.74, 6) is 0.589. The Morgan fingerprint density at radius 2 is 1.89 bits per heavy atom. The third-order valence-electron chi connectivity index (χ3n) is 6.73. The summed E-state index contributed by atoms with van der Waals surface area (Å²) in [5.41, 5.74) is 4.33. The number of hydrogen-bond acceptors (Lipinski definition) is 4. The van der Waals surface area contributed by atoms with Crippen LogP contribution in [0.4, 0.5) is 10.2 Å². The molecule has 3 rings (SSSR count). The molecule has 1 aliphatic rings. The van der Waals surface area contributed by atoms with Crippen LogP contribution in [0.2, 0.25) is 0 Å². The minimum atomic E-state index is -0.489. The smallest absolute Gasteiger partial charge is 0.142 e. The zero-order chi connectivity index (χ0) is 26.9. The van der Waals surface area contributed by atoms with Crippen molar-refractivity contribution in [2.24, 2.45) is 5.92 Å². The standard InChI is InChI=1S/C31H38FN5/c1-8-24(19-26(9-2)34-22(6)25-16-12-11-13-17-25)21(5)29(32)28-27(10-3)36-37-30(28)23(7)35-31-20(4)15-14-18-33-31/h8-10,14-15,18-19,25,34,36H,2,5-7,11-13,16-17H2,1,3-4H3,(H,33,35)/b24-8+,26-19+,27-10+,29-28-. The minimum absolute atomic E-state index is 0.236. The number of nitrogens with one attached hydrogen (secondary N) is 3. The largest absolute Gasteiger partial charge is 0.359 e. The number of pyridine rings is 1. The zero-order valence-corrected chi connectivity index (χ0v) is 22.3. The van der Waals surface area contributed by atoms with Gasteiger partial charge in [-0.15, -0.1) is 0 Å². The van der Waals surface area contributed by atoms with Crippen LogP contribution in [0.1, 0.15) is 57.2 Å². The van der Waals surface area contributed by atoms with Gasteiger partial charge in [-0.3, -0.25) is 5.10 Å². The Labute approximate surface area is 219 Å². The first-order valence-corrected chi connectivity index (χ1v) is 12.7. The average molecular weight is 500 g/mol. The lowest BCUT2D eigenvalue weighted by Gasteiger charge is -2.25. The Morgan fingerprint density at radius 1 is 1.16 bits per heavy atom. The van der Waals surface area contributed by atoms with Crippen LogP contribution in [0, 0.1) is 12.8 Å². The number of nitrogens with zero attached hydrogens (tertiary/aromatic N) is 2. The van der Waals surface area contributed by atoms with Gasteiger partial charge in [-0.1, -0.05) is 63.8 Å². The molecule has 6 heteroatoms. The molecule has 1 aliphatic carbocycles. The fraction of sp³-hybridized carbons (Fsp3) is 0.290. The van der Waals surface area contributed by atoms with Crippen LogP contribution in [-0.4, -0.2) is 15.2 Å². The van der Waals surface area contributed by atoms with Crippen molar-refractivity contribution in [3.05, 3.63) is 107 Å². The maximum absolute atomic E-state index is 16.1. The molecule has 1 saturated carbocycles. The van der Waals surface area contributed by atoms with E-state index >= 15 is 4.39 Å². The van der Waals surface area contributed by atoms with Gasteiger partial charge in [0.15, 0.2) is 0 Å². The lowest BCUT2D eigenvalue weighted by Crippen LogP contribution is -2.28. The van der Waals surface area contributed by atoms with Crippen molar-refractivity contribution in [3.8, 4) is 0 Å². The predicted molar refractivity (Wildman–Crippen MR) is 154 cm³/mol. The van der Waals surface area contributed by atoms with Crippen molar-refractivity contribution >= 4 is 23.4 Å². The molecule has 0 atom stereocenters. The van der Waals surface area contributed by atoms with E-state index in [-0.39, 0.29) is 5.57 Å². The Balaban J connectivity index is 1.94. The molecule has 194 valence electrons.